The Hall–Kier alpha value is -2.25. The van der Waals surface area contributed by atoms with Crippen LogP contribution in [0.4, 0.5) is 15.8 Å². The molecule has 0 amide bonds. The first kappa shape index (κ1) is 28.8. The van der Waals surface area contributed by atoms with Crippen LogP contribution in [0.3, 0.4) is 0 Å². The summed E-state index contributed by atoms with van der Waals surface area (Å²) >= 11 is 0. The standard InChI is InChI=1S/C26H36FN3O6S2/c1-18-16-21(17-19(2)35-18)36-20-12-14-30(15-13-20)26-24(27)6-5-7-25(26)28-37(31,32)22-8-10-23(11-9-22)38(33,34)29(3)4/h5-11,18-21,28H,12-17H2,1-4H3/t18-,19+,21?. The van der Waals surface area contributed by atoms with Gasteiger partial charge in [0.1, 0.15) is 5.82 Å². The number of rotatable bonds is 8. The van der Waals surface area contributed by atoms with Crippen molar-refractivity contribution in [1.82, 2.24) is 4.31 Å². The Balaban J connectivity index is 1.46. The molecule has 0 saturated carbocycles. The summed E-state index contributed by atoms with van der Waals surface area (Å²) in [5, 5.41) is 0. The molecule has 2 aromatic carbocycles. The van der Waals surface area contributed by atoms with Gasteiger partial charge in [-0.25, -0.2) is 25.5 Å². The average molecular weight is 570 g/mol. The second-order valence-corrected chi connectivity index (χ2v) is 14.0. The molecule has 1 unspecified atom stereocenters. The first-order valence-corrected chi connectivity index (χ1v) is 15.7. The SMILES string of the molecule is C[C@@H]1CC(OC2CCN(c3c(F)cccc3NS(=O)(=O)c3ccc(S(=O)(=O)N(C)C)cc3)CC2)C[C@H](C)O1. The summed E-state index contributed by atoms with van der Waals surface area (Å²) in [5.74, 6) is -0.524. The van der Waals surface area contributed by atoms with Crippen molar-refractivity contribution in [2.45, 2.75) is 73.7 Å². The van der Waals surface area contributed by atoms with Gasteiger partial charge < -0.3 is 14.4 Å². The fourth-order valence-corrected chi connectivity index (χ4v) is 7.04. The van der Waals surface area contributed by atoms with Gasteiger partial charge in [0.25, 0.3) is 10.0 Å². The van der Waals surface area contributed by atoms with Crippen LogP contribution in [-0.4, -0.2) is 72.7 Å². The number of anilines is 2. The topological polar surface area (TPSA) is 105 Å². The van der Waals surface area contributed by atoms with Crippen LogP contribution in [0.2, 0.25) is 0 Å². The van der Waals surface area contributed by atoms with Crippen LogP contribution in [0.1, 0.15) is 39.5 Å². The molecule has 210 valence electrons. The molecule has 38 heavy (non-hydrogen) atoms. The van der Waals surface area contributed by atoms with Crippen molar-refractivity contribution in [2.75, 3.05) is 36.8 Å². The monoisotopic (exact) mass is 569 g/mol. The number of halogens is 1. The van der Waals surface area contributed by atoms with Crippen molar-refractivity contribution >= 4 is 31.4 Å². The van der Waals surface area contributed by atoms with Crippen LogP contribution in [0.25, 0.3) is 0 Å². The predicted octanol–water partition coefficient (Wildman–Crippen LogP) is 3.82. The fourth-order valence-electron chi connectivity index (χ4n) is 5.07. The van der Waals surface area contributed by atoms with Gasteiger partial charge in [-0.2, -0.15) is 0 Å². The number of nitrogens with one attached hydrogen (secondary N) is 1. The zero-order chi connectivity index (χ0) is 27.7. The lowest BCUT2D eigenvalue weighted by molar-refractivity contribution is -0.124. The third-order valence-corrected chi connectivity index (χ3v) is 10.2. The highest BCUT2D eigenvalue weighted by Gasteiger charge is 2.31. The Morgan fingerprint density at radius 3 is 2.08 bits per heavy atom. The van der Waals surface area contributed by atoms with Gasteiger partial charge in [0.2, 0.25) is 10.0 Å². The largest absolute Gasteiger partial charge is 0.375 e. The Kier molecular flexibility index (Phi) is 8.68. The molecule has 0 bridgehead atoms. The van der Waals surface area contributed by atoms with Crippen molar-refractivity contribution in [2.24, 2.45) is 0 Å². The van der Waals surface area contributed by atoms with Gasteiger partial charge in [-0.1, -0.05) is 6.07 Å². The Morgan fingerprint density at radius 2 is 1.50 bits per heavy atom. The molecule has 0 spiro atoms. The van der Waals surface area contributed by atoms with Crippen molar-refractivity contribution in [3.63, 3.8) is 0 Å². The number of hydrogen-bond acceptors (Lipinski definition) is 7. The number of sulfonamides is 2. The molecule has 1 N–H and O–H groups in total. The van der Waals surface area contributed by atoms with Gasteiger partial charge in [0, 0.05) is 27.2 Å². The minimum Gasteiger partial charge on any atom is -0.375 e. The van der Waals surface area contributed by atoms with Crippen LogP contribution in [-0.2, 0) is 29.5 Å². The van der Waals surface area contributed by atoms with E-state index in [4.69, 9.17) is 9.47 Å². The summed E-state index contributed by atoms with van der Waals surface area (Å²) in [6.07, 6.45) is 3.61. The minimum absolute atomic E-state index is 0.0253. The lowest BCUT2D eigenvalue weighted by Gasteiger charge is -2.38. The third kappa shape index (κ3) is 6.48. The van der Waals surface area contributed by atoms with Crippen LogP contribution < -0.4 is 9.62 Å². The fraction of sp³-hybridized carbons (Fsp3) is 0.538. The first-order valence-electron chi connectivity index (χ1n) is 12.8. The van der Waals surface area contributed by atoms with E-state index in [1.54, 1.807) is 0 Å². The summed E-state index contributed by atoms with van der Waals surface area (Å²) in [5.41, 5.74) is 0.316. The van der Waals surface area contributed by atoms with E-state index < -0.39 is 25.9 Å². The van der Waals surface area contributed by atoms with Crippen LogP contribution in [0.15, 0.2) is 52.3 Å². The number of piperidine rings is 1. The molecule has 2 aliphatic rings. The van der Waals surface area contributed by atoms with E-state index in [2.05, 4.69) is 18.6 Å². The number of nitrogens with zero attached hydrogens (tertiary/aromatic N) is 2. The van der Waals surface area contributed by atoms with E-state index in [0.29, 0.717) is 25.9 Å². The number of para-hydroxylation sites is 1. The van der Waals surface area contributed by atoms with Crippen molar-refractivity contribution < 1.29 is 30.7 Å². The van der Waals surface area contributed by atoms with Crippen LogP contribution in [0, 0.1) is 5.82 Å². The van der Waals surface area contributed by atoms with E-state index >= 15 is 4.39 Å². The maximum atomic E-state index is 15.0. The molecule has 0 aliphatic carbocycles. The summed E-state index contributed by atoms with van der Waals surface area (Å²) in [7, 11) is -5.01. The van der Waals surface area contributed by atoms with Gasteiger partial charge in [-0.3, -0.25) is 4.72 Å². The van der Waals surface area contributed by atoms with Gasteiger partial charge in [0.05, 0.1) is 45.6 Å². The molecule has 9 nitrogen and oxygen atoms in total. The Bertz CT molecular complexity index is 1320. The molecule has 2 aliphatic heterocycles. The van der Waals surface area contributed by atoms with E-state index in [1.807, 2.05) is 4.90 Å². The maximum absolute atomic E-state index is 15.0. The molecule has 4 rings (SSSR count). The zero-order valence-corrected chi connectivity index (χ0v) is 23.8. The van der Waals surface area contributed by atoms with Crippen LogP contribution >= 0.6 is 0 Å². The van der Waals surface area contributed by atoms with Gasteiger partial charge in [-0.05, 0) is 75.9 Å². The highest BCUT2D eigenvalue weighted by Crippen LogP contribution is 2.34. The molecular weight excluding hydrogens is 533 g/mol. The molecule has 2 saturated heterocycles. The van der Waals surface area contributed by atoms with E-state index in [-0.39, 0.29) is 45.6 Å². The number of hydrogen-bond donors (Lipinski definition) is 1. The highest BCUT2D eigenvalue weighted by atomic mass is 32.2. The lowest BCUT2D eigenvalue weighted by Crippen LogP contribution is -2.42. The lowest BCUT2D eigenvalue weighted by atomic mass is 10.0. The maximum Gasteiger partial charge on any atom is 0.261 e. The van der Waals surface area contributed by atoms with Gasteiger partial charge in [-0.15, -0.1) is 0 Å². The predicted molar refractivity (Wildman–Crippen MR) is 144 cm³/mol. The van der Waals surface area contributed by atoms with Crippen LogP contribution in [0.5, 0.6) is 0 Å². The number of benzene rings is 2. The number of ether oxygens (including phenoxy) is 2. The summed E-state index contributed by atoms with van der Waals surface area (Å²) in [6, 6.07) is 9.20. The van der Waals surface area contributed by atoms with Crippen molar-refractivity contribution in [3.8, 4) is 0 Å². The molecule has 2 heterocycles. The summed E-state index contributed by atoms with van der Waals surface area (Å²) < 4.78 is 81.6. The second-order valence-electron chi connectivity index (χ2n) is 10.2. The second kappa shape index (κ2) is 11.5. The van der Waals surface area contributed by atoms with Crippen molar-refractivity contribution in [3.05, 3.63) is 48.3 Å². The zero-order valence-electron chi connectivity index (χ0n) is 22.1. The normalized spacial score (nSPS) is 23.5. The molecule has 3 atom stereocenters. The summed E-state index contributed by atoms with van der Waals surface area (Å²) in [6.45, 7) is 5.14. The van der Waals surface area contributed by atoms with Crippen molar-refractivity contribution in [1.29, 1.82) is 0 Å². The van der Waals surface area contributed by atoms with E-state index in [0.717, 1.165) is 17.1 Å². The third-order valence-electron chi connectivity index (χ3n) is 6.94. The quantitative estimate of drug-likeness (QED) is 0.515. The minimum atomic E-state index is -4.10. The molecule has 2 aromatic rings. The Morgan fingerprint density at radius 1 is 0.921 bits per heavy atom. The molecular formula is C26H36FN3O6S2. The van der Waals surface area contributed by atoms with Gasteiger partial charge >= 0.3 is 0 Å². The molecule has 12 heteroatoms. The molecule has 0 aromatic heterocycles. The highest BCUT2D eigenvalue weighted by molar-refractivity contribution is 7.92. The van der Waals surface area contributed by atoms with E-state index in [1.165, 1.54) is 56.6 Å². The summed E-state index contributed by atoms with van der Waals surface area (Å²) in [4.78, 5) is 1.69. The smallest absolute Gasteiger partial charge is 0.261 e. The average Bonchev–Trinajstić information content (AvgIpc) is 2.84. The first-order chi connectivity index (χ1) is 17.9. The van der Waals surface area contributed by atoms with E-state index in [9.17, 15) is 16.8 Å². The Labute approximate surface area is 225 Å². The molecule has 0 radical (unpaired) electrons. The van der Waals surface area contributed by atoms with Gasteiger partial charge in [0.15, 0.2) is 0 Å². The molecule has 2 fully saturated rings.